The van der Waals surface area contributed by atoms with E-state index in [0.717, 1.165) is 5.03 Å². The minimum Gasteiger partial charge on any atom is -0.356 e. The van der Waals surface area contributed by atoms with Crippen molar-refractivity contribution in [3.8, 4) is 6.07 Å². The van der Waals surface area contributed by atoms with Crippen molar-refractivity contribution in [2.75, 3.05) is 0 Å². The predicted molar refractivity (Wildman–Crippen MR) is 68.1 cm³/mol. The number of H-pyrrole nitrogens is 1. The first kappa shape index (κ1) is 12.2. The summed E-state index contributed by atoms with van der Waals surface area (Å²) in [5, 5.41) is 20.3. The van der Waals surface area contributed by atoms with Crippen molar-refractivity contribution in [1.29, 1.82) is 5.26 Å². The summed E-state index contributed by atoms with van der Waals surface area (Å²) in [4.78, 5) is 13.4. The van der Waals surface area contributed by atoms with Gasteiger partial charge in [-0.05, 0) is 18.2 Å². The van der Waals surface area contributed by atoms with Gasteiger partial charge in [-0.2, -0.15) is 5.26 Å². The molecule has 0 aliphatic rings. The number of hydrogen-bond donors (Lipinski definition) is 1. The Morgan fingerprint density at radius 2 is 2.11 bits per heavy atom. The quantitative estimate of drug-likeness (QED) is 0.519. The van der Waals surface area contributed by atoms with E-state index in [2.05, 4.69) is 11.1 Å². The van der Waals surface area contributed by atoms with E-state index in [9.17, 15) is 15.4 Å². The highest BCUT2D eigenvalue weighted by Gasteiger charge is 2.22. The highest BCUT2D eigenvalue weighted by atomic mass is 32.2. The Hall–Kier alpha value is -2.26. The lowest BCUT2D eigenvalue weighted by atomic mass is 10.1. The summed E-state index contributed by atoms with van der Waals surface area (Å²) in [5.74, 6) is 0. The van der Waals surface area contributed by atoms with Gasteiger partial charge in [-0.3, -0.25) is 10.1 Å². The number of rotatable bonds is 4. The zero-order valence-electron chi connectivity index (χ0n) is 9.24. The molecule has 18 heavy (non-hydrogen) atoms. The molecule has 1 aromatic heterocycles. The molecule has 1 N–H and O–H groups in total. The van der Waals surface area contributed by atoms with E-state index < -0.39 is 10.2 Å². The Morgan fingerprint density at radius 1 is 1.33 bits per heavy atom. The van der Waals surface area contributed by atoms with Crippen LogP contribution in [0.15, 0.2) is 47.6 Å². The van der Waals surface area contributed by atoms with E-state index in [1.807, 2.05) is 12.1 Å². The third-order valence-corrected chi connectivity index (χ3v) is 3.45. The van der Waals surface area contributed by atoms with Gasteiger partial charge in [0.15, 0.2) is 0 Å². The zero-order chi connectivity index (χ0) is 13.0. The maximum Gasteiger partial charge on any atom is 0.274 e. The number of nitro benzene ring substituents is 1. The first-order valence-corrected chi connectivity index (χ1v) is 6.03. The number of aromatic amines is 1. The zero-order valence-corrected chi connectivity index (χ0v) is 10.1. The van der Waals surface area contributed by atoms with Gasteiger partial charge >= 0.3 is 0 Å². The smallest absolute Gasteiger partial charge is 0.274 e. The van der Waals surface area contributed by atoms with E-state index >= 15 is 0 Å². The summed E-state index contributed by atoms with van der Waals surface area (Å²) in [6.07, 6.45) is 1.75. The van der Waals surface area contributed by atoms with E-state index in [-0.39, 0.29) is 5.69 Å². The number of thioether (sulfide) groups is 1. The lowest BCUT2D eigenvalue weighted by Crippen LogP contribution is -1.98. The van der Waals surface area contributed by atoms with Gasteiger partial charge in [0.05, 0.1) is 21.6 Å². The van der Waals surface area contributed by atoms with Gasteiger partial charge in [-0.1, -0.05) is 23.9 Å². The summed E-state index contributed by atoms with van der Waals surface area (Å²) >= 11 is 1.26. The molecule has 1 heterocycles. The van der Waals surface area contributed by atoms with Gasteiger partial charge in [0, 0.05) is 12.3 Å². The van der Waals surface area contributed by atoms with E-state index in [1.54, 1.807) is 24.4 Å². The molecule has 6 heteroatoms. The van der Waals surface area contributed by atoms with Gasteiger partial charge in [0.2, 0.25) is 0 Å². The van der Waals surface area contributed by atoms with Crippen LogP contribution in [0.5, 0.6) is 0 Å². The van der Waals surface area contributed by atoms with E-state index in [1.165, 1.54) is 17.8 Å². The van der Waals surface area contributed by atoms with Crippen LogP contribution in [0.25, 0.3) is 0 Å². The van der Waals surface area contributed by atoms with E-state index in [0.29, 0.717) is 5.56 Å². The number of benzene rings is 1. The molecule has 1 atom stereocenters. The SMILES string of the molecule is N#CC(Sc1ccc[nH]1)c1ccccc1[N+](=O)[O-]. The molecule has 90 valence electrons. The summed E-state index contributed by atoms with van der Waals surface area (Å²) in [6.45, 7) is 0. The van der Waals surface area contributed by atoms with Crippen LogP contribution in [-0.2, 0) is 0 Å². The summed E-state index contributed by atoms with van der Waals surface area (Å²) < 4.78 is 0. The molecule has 0 amide bonds. The van der Waals surface area contributed by atoms with Gasteiger partial charge in [-0.15, -0.1) is 0 Å². The molecule has 0 saturated carbocycles. The Balaban J connectivity index is 2.34. The van der Waals surface area contributed by atoms with E-state index in [4.69, 9.17) is 0 Å². The molecular formula is C12H9N3O2S. The molecule has 0 radical (unpaired) electrons. The number of nitrogens with zero attached hydrogens (tertiary/aromatic N) is 2. The van der Waals surface area contributed by atoms with Crippen LogP contribution in [0.3, 0.4) is 0 Å². The summed E-state index contributed by atoms with van der Waals surface area (Å²) in [6, 6.07) is 12.0. The van der Waals surface area contributed by atoms with Gasteiger partial charge in [0.25, 0.3) is 5.69 Å². The molecule has 0 bridgehead atoms. The number of para-hydroxylation sites is 1. The average molecular weight is 259 g/mol. The molecule has 0 spiro atoms. The Labute approximate surface area is 108 Å². The highest BCUT2D eigenvalue weighted by molar-refractivity contribution is 7.99. The lowest BCUT2D eigenvalue weighted by molar-refractivity contribution is -0.385. The lowest BCUT2D eigenvalue weighted by Gasteiger charge is -2.08. The molecule has 2 aromatic rings. The largest absolute Gasteiger partial charge is 0.356 e. The van der Waals surface area contributed by atoms with Gasteiger partial charge in [-0.25, -0.2) is 0 Å². The molecular weight excluding hydrogens is 250 g/mol. The van der Waals surface area contributed by atoms with Crippen LogP contribution in [-0.4, -0.2) is 9.91 Å². The molecule has 5 nitrogen and oxygen atoms in total. The molecule has 0 aliphatic carbocycles. The Bertz CT molecular complexity index is 590. The normalized spacial score (nSPS) is 11.7. The fourth-order valence-corrected chi connectivity index (χ4v) is 2.48. The number of nitrogens with one attached hydrogen (secondary N) is 1. The van der Waals surface area contributed by atoms with Crippen LogP contribution in [0, 0.1) is 21.4 Å². The second-order valence-corrected chi connectivity index (χ2v) is 4.62. The minimum atomic E-state index is -0.606. The molecule has 2 rings (SSSR count). The van der Waals surface area contributed by atoms with Crippen molar-refractivity contribution in [3.05, 3.63) is 58.3 Å². The van der Waals surface area contributed by atoms with Crippen molar-refractivity contribution >= 4 is 17.4 Å². The molecule has 1 aromatic carbocycles. The second-order valence-electron chi connectivity index (χ2n) is 3.48. The fourth-order valence-electron chi connectivity index (χ4n) is 1.55. The Kier molecular flexibility index (Phi) is 3.65. The van der Waals surface area contributed by atoms with Crippen molar-refractivity contribution in [2.45, 2.75) is 10.3 Å². The van der Waals surface area contributed by atoms with Crippen LogP contribution < -0.4 is 0 Å². The maximum atomic E-state index is 10.9. The molecule has 1 unspecified atom stereocenters. The van der Waals surface area contributed by atoms with Gasteiger partial charge < -0.3 is 4.98 Å². The van der Waals surface area contributed by atoms with Crippen molar-refractivity contribution in [1.82, 2.24) is 4.98 Å². The van der Waals surface area contributed by atoms with Crippen molar-refractivity contribution < 1.29 is 4.92 Å². The third-order valence-electron chi connectivity index (χ3n) is 2.35. The van der Waals surface area contributed by atoms with Gasteiger partial charge in [0.1, 0.15) is 5.25 Å². The summed E-state index contributed by atoms with van der Waals surface area (Å²) in [7, 11) is 0. The fraction of sp³-hybridized carbons (Fsp3) is 0.0833. The minimum absolute atomic E-state index is 0.0249. The number of aromatic nitrogens is 1. The van der Waals surface area contributed by atoms with Crippen LogP contribution in [0.2, 0.25) is 0 Å². The van der Waals surface area contributed by atoms with Crippen molar-refractivity contribution in [3.63, 3.8) is 0 Å². The highest BCUT2D eigenvalue weighted by Crippen LogP contribution is 2.37. The molecule has 0 saturated heterocycles. The second kappa shape index (κ2) is 5.38. The first-order chi connectivity index (χ1) is 8.72. The standard InChI is InChI=1S/C12H9N3O2S/c13-8-11(18-12-6-3-7-14-12)9-4-1-2-5-10(9)15(16)17/h1-7,11,14H. The predicted octanol–water partition coefficient (Wildman–Crippen LogP) is 3.28. The maximum absolute atomic E-state index is 10.9. The average Bonchev–Trinajstić information content (AvgIpc) is 2.88. The van der Waals surface area contributed by atoms with Crippen LogP contribution in [0.4, 0.5) is 5.69 Å². The Morgan fingerprint density at radius 3 is 2.72 bits per heavy atom. The monoisotopic (exact) mass is 259 g/mol. The third kappa shape index (κ3) is 2.52. The summed E-state index contributed by atoms with van der Waals surface area (Å²) in [5.41, 5.74) is 0.396. The van der Waals surface area contributed by atoms with Crippen LogP contribution in [0.1, 0.15) is 10.8 Å². The molecule has 0 fully saturated rings. The number of nitro groups is 1. The first-order valence-electron chi connectivity index (χ1n) is 5.15. The van der Waals surface area contributed by atoms with Crippen LogP contribution >= 0.6 is 11.8 Å². The topological polar surface area (TPSA) is 82.7 Å². The number of nitriles is 1. The van der Waals surface area contributed by atoms with Crippen molar-refractivity contribution in [2.24, 2.45) is 0 Å². The molecule has 0 aliphatic heterocycles. The number of hydrogen-bond acceptors (Lipinski definition) is 4.